The van der Waals surface area contributed by atoms with Crippen LogP contribution in [0.4, 0.5) is 4.79 Å². The van der Waals surface area contributed by atoms with Gasteiger partial charge in [0, 0.05) is 12.1 Å². The molecule has 7 nitrogen and oxygen atoms in total. The van der Waals surface area contributed by atoms with Crippen molar-refractivity contribution in [1.29, 1.82) is 0 Å². The van der Waals surface area contributed by atoms with Gasteiger partial charge in [0.1, 0.15) is 11.8 Å². The molecule has 1 fully saturated rings. The van der Waals surface area contributed by atoms with Gasteiger partial charge in [0.15, 0.2) is 0 Å². The molecule has 7 heteroatoms. The van der Waals surface area contributed by atoms with Crippen LogP contribution in [0, 0.1) is 0 Å². The van der Waals surface area contributed by atoms with Crippen molar-refractivity contribution in [2.75, 3.05) is 13.2 Å². The molecule has 1 aliphatic heterocycles. The first kappa shape index (κ1) is 21.2. The third-order valence-corrected chi connectivity index (χ3v) is 5.81. The van der Waals surface area contributed by atoms with Gasteiger partial charge in [0.05, 0.1) is 6.61 Å². The maximum Gasteiger partial charge on any atom is 0.407 e. The van der Waals surface area contributed by atoms with Crippen LogP contribution in [0.1, 0.15) is 63.8 Å². The molecule has 1 atom stereocenters. The van der Waals surface area contributed by atoms with Crippen LogP contribution in [0.5, 0.6) is 5.75 Å². The van der Waals surface area contributed by atoms with Gasteiger partial charge in [-0.3, -0.25) is 4.90 Å². The van der Waals surface area contributed by atoms with Crippen LogP contribution in [0.15, 0.2) is 40.9 Å². The third kappa shape index (κ3) is 4.98. The molecule has 1 aromatic heterocycles. The van der Waals surface area contributed by atoms with Gasteiger partial charge >= 0.3 is 6.09 Å². The van der Waals surface area contributed by atoms with E-state index < -0.39 is 6.09 Å². The fourth-order valence-corrected chi connectivity index (χ4v) is 4.09. The highest BCUT2D eigenvalue weighted by atomic mass is 16.5. The van der Waals surface area contributed by atoms with E-state index in [4.69, 9.17) is 9.26 Å². The van der Waals surface area contributed by atoms with Gasteiger partial charge in [-0.15, -0.1) is 0 Å². The predicted octanol–water partition coefficient (Wildman–Crippen LogP) is 6.05. The zero-order valence-corrected chi connectivity index (χ0v) is 17.9. The van der Waals surface area contributed by atoms with Crippen molar-refractivity contribution < 1.29 is 19.2 Å². The fraction of sp³-hybridized carbons (Fsp3) is 0.458. The fourth-order valence-electron chi connectivity index (χ4n) is 4.09. The summed E-state index contributed by atoms with van der Waals surface area (Å²) < 4.78 is 11.3. The van der Waals surface area contributed by atoms with Crippen molar-refractivity contribution in [3.05, 3.63) is 42.3 Å². The molecule has 0 aliphatic carbocycles. The summed E-state index contributed by atoms with van der Waals surface area (Å²) in [6.45, 7) is 3.46. The monoisotopic (exact) mass is 423 g/mol. The number of nitrogens with zero attached hydrogens (tertiary/aromatic N) is 3. The number of hydrogen-bond donors (Lipinski definition) is 1. The summed E-state index contributed by atoms with van der Waals surface area (Å²) in [5.74, 6) is 1.71. The third-order valence-electron chi connectivity index (χ3n) is 5.81. The van der Waals surface area contributed by atoms with Gasteiger partial charge in [-0.25, -0.2) is 4.79 Å². The minimum Gasteiger partial charge on any atom is -0.494 e. The smallest absolute Gasteiger partial charge is 0.407 e. The first-order valence-electron chi connectivity index (χ1n) is 11.2. The average molecular weight is 424 g/mol. The van der Waals surface area contributed by atoms with Crippen molar-refractivity contribution >= 4 is 16.9 Å². The summed E-state index contributed by atoms with van der Waals surface area (Å²) in [5, 5.41) is 15.6. The number of likely N-dealkylation sites (tertiary alicyclic amines) is 1. The van der Waals surface area contributed by atoms with Crippen molar-refractivity contribution in [2.24, 2.45) is 0 Å². The molecule has 164 valence electrons. The molecule has 2 aromatic carbocycles. The van der Waals surface area contributed by atoms with E-state index in [9.17, 15) is 9.90 Å². The molecule has 31 heavy (non-hydrogen) atoms. The van der Waals surface area contributed by atoms with Crippen LogP contribution in [-0.4, -0.2) is 39.4 Å². The molecule has 2 heterocycles. The average Bonchev–Trinajstić information content (AvgIpc) is 3.45. The van der Waals surface area contributed by atoms with Crippen LogP contribution >= 0.6 is 0 Å². The lowest BCUT2D eigenvalue weighted by Gasteiger charge is -2.17. The molecule has 1 saturated heterocycles. The molecule has 0 bridgehead atoms. The van der Waals surface area contributed by atoms with Gasteiger partial charge in [0.25, 0.3) is 0 Å². The number of aromatic nitrogens is 2. The van der Waals surface area contributed by atoms with E-state index in [0.717, 1.165) is 41.5 Å². The summed E-state index contributed by atoms with van der Waals surface area (Å²) in [6.07, 6.45) is 6.65. The second-order valence-corrected chi connectivity index (χ2v) is 8.08. The minimum atomic E-state index is -0.952. The number of hydrogen-bond acceptors (Lipinski definition) is 5. The predicted molar refractivity (Wildman–Crippen MR) is 118 cm³/mol. The zero-order valence-electron chi connectivity index (χ0n) is 17.9. The Balaban J connectivity index is 1.43. The zero-order chi connectivity index (χ0) is 21.6. The number of benzene rings is 2. The number of rotatable bonds is 9. The van der Waals surface area contributed by atoms with Gasteiger partial charge < -0.3 is 14.4 Å². The quantitative estimate of drug-likeness (QED) is 0.421. The molecule has 3 aromatic rings. The van der Waals surface area contributed by atoms with Crippen LogP contribution in [0.25, 0.3) is 22.2 Å². The molecule has 0 unspecified atom stereocenters. The number of carboxylic acid groups (broad SMARTS) is 1. The Hall–Kier alpha value is -3.09. The lowest BCUT2D eigenvalue weighted by Crippen LogP contribution is -2.28. The first-order valence-corrected chi connectivity index (χ1v) is 11.2. The number of ether oxygens (including phenoxy) is 1. The normalized spacial score (nSPS) is 16.2. The van der Waals surface area contributed by atoms with Gasteiger partial charge in [-0.05, 0) is 48.2 Å². The molecule has 0 saturated carbocycles. The van der Waals surface area contributed by atoms with E-state index in [0.29, 0.717) is 24.7 Å². The summed E-state index contributed by atoms with van der Waals surface area (Å²) in [5.41, 5.74) is 0.840. The Morgan fingerprint density at radius 3 is 2.81 bits per heavy atom. The van der Waals surface area contributed by atoms with E-state index in [1.54, 1.807) is 0 Å². The van der Waals surface area contributed by atoms with E-state index >= 15 is 0 Å². The topological polar surface area (TPSA) is 88.7 Å². The van der Waals surface area contributed by atoms with Crippen LogP contribution < -0.4 is 4.74 Å². The van der Waals surface area contributed by atoms with Gasteiger partial charge in [-0.1, -0.05) is 56.0 Å². The molecule has 0 spiro atoms. The number of unbranched alkanes of at least 4 members (excludes halogenated alkanes) is 4. The molecule has 1 N–H and O–H groups in total. The van der Waals surface area contributed by atoms with Gasteiger partial charge in [0.2, 0.25) is 11.7 Å². The van der Waals surface area contributed by atoms with Crippen molar-refractivity contribution in [2.45, 2.75) is 57.9 Å². The molecule has 0 radical (unpaired) electrons. The highest BCUT2D eigenvalue weighted by molar-refractivity contribution is 5.87. The second kappa shape index (κ2) is 9.81. The first-order chi connectivity index (χ1) is 15.2. The standard InChI is InChI=1S/C24H29N3O4/c1-2-3-4-5-6-14-30-20-12-11-17-15-19(10-9-18(17)16-20)22-25-23(31-26-22)21-8-7-13-27(21)24(28)29/h9-12,15-16,21H,2-8,13-14H2,1H3,(H,28,29)/t21-/m0/s1. The summed E-state index contributed by atoms with van der Waals surface area (Å²) in [7, 11) is 0. The van der Waals surface area contributed by atoms with E-state index in [1.165, 1.54) is 30.6 Å². The van der Waals surface area contributed by atoms with Crippen LogP contribution in [0.3, 0.4) is 0 Å². The number of amides is 1. The Morgan fingerprint density at radius 2 is 1.97 bits per heavy atom. The van der Waals surface area contributed by atoms with E-state index in [1.807, 2.05) is 30.3 Å². The van der Waals surface area contributed by atoms with Crippen molar-refractivity contribution in [1.82, 2.24) is 15.0 Å². The lowest BCUT2D eigenvalue weighted by atomic mass is 10.1. The number of fused-ring (bicyclic) bond motifs is 1. The largest absolute Gasteiger partial charge is 0.494 e. The van der Waals surface area contributed by atoms with Crippen LogP contribution in [-0.2, 0) is 0 Å². The Labute approximate surface area is 182 Å². The van der Waals surface area contributed by atoms with E-state index in [-0.39, 0.29) is 6.04 Å². The molecular weight excluding hydrogens is 394 g/mol. The Bertz CT molecular complexity index is 1030. The molecule has 1 aliphatic rings. The summed E-state index contributed by atoms with van der Waals surface area (Å²) in [6, 6.07) is 11.7. The van der Waals surface area contributed by atoms with Gasteiger partial charge in [-0.2, -0.15) is 4.98 Å². The maximum absolute atomic E-state index is 11.4. The summed E-state index contributed by atoms with van der Waals surface area (Å²) >= 11 is 0. The van der Waals surface area contributed by atoms with E-state index in [2.05, 4.69) is 23.1 Å². The maximum atomic E-state index is 11.4. The highest BCUT2D eigenvalue weighted by Gasteiger charge is 2.34. The number of carbonyl (C=O) groups is 1. The second-order valence-electron chi connectivity index (χ2n) is 8.08. The van der Waals surface area contributed by atoms with Crippen molar-refractivity contribution in [3.8, 4) is 17.1 Å². The van der Waals surface area contributed by atoms with Crippen LogP contribution in [0.2, 0.25) is 0 Å². The minimum absolute atomic E-state index is 0.359. The Morgan fingerprint density at radius 1 is 1.16 bits per heavy atom. The summed E-state index contributed by atoms with van der Waals surface area (Å²) in [4.78, 5) is 17.2. The highest BCUT2D eigenvalue weighted by Crippen LogP contribution is 2.32. The lowest BCUT2D eigenvalue weighted by molar-refractivity contribution is 0.131. The molecule has 1 amide bonds. The SMILES string of the molecule is CCCCCCCOc1ccc2cc(-c3noc([C@@H]4CCCN4C(=O)O)n3)ccc2c1. The Kier molecular flexibility index (Phi) is 6.70. The van der Waals surface area contributed by atoms with Crippen molar-refractivity contribution in [3.63, 3.8) is 0 Å². The molecule has 4 rings (SSSR count). The molecular formula is C24H29N3O4.